The van der Waals surface area contributed by atoms with Crippen molar-refractivity contribution in [2.24, 2.45) is 0 Å². The van der Waals surface area contributed by atoms with Crippen LogP contribution in [0.3, 0.4) is 0 Å². The fraction of sp³-hybridized carbons (Fsp3) is 0.316. The molecule has 128 valence electrons. The first kappa shape index (κ1) is 15.6. The number of hydrogen-bond donors (Lipinski definition) is 0. The van der Waals surface area contributed by atoms with E-state index in [1.54, 1.807) is 18.4 Å². The van der Waals surface area contributed by atoms with E-state index in [1.807, 2.05) is 11.9 Å². The van der Waals surface area contributed by atoms with Crippen molar-refractivity contribution in [3.63, 3.8) is 0 Å². The lowest BCUT2D eigenvalue weighted by molar-refractivity contribution is -0.131. The van der Waals surface area contributed by atoms with E-state index in [2.05, 4.69) is 34.4 Å². The molecule has 0 fully saturated rings. The Labute approximate surface area is 145 Å². The van der Waals surface area contributed by atoms with Crippen LogP contribution in [0.1, 0.15) is 23.4 Å². The van der Waals surface area contributed by atoms with E-state index in [9.17, 15) is 4.79 Å². The Hall–Kier alpha value is -2.89. The molecule has 0 aliphatic heterocycles. The molecule has 2 aromatic heterocycles. The Kier molecular flexibility index (Phi) is 4.09. The molecule has 1 aliphatic rings. The Morgan fingerprint density at radius 1 is 1.20 bits per heavy atom. The van der Waals surface area contributed by atoms with Gasteiger partial charge >= 0.3 is 0 Å². The first-order valence-corrected chi connectivity index (χ1v) is 8.39. The van der Waals surface area contributed by atoms with Gasteiger partial charge in [0.25, 0.3) is 0 Å². The molecule has 6 heteroatoms. The van der Waals surface area contributed by atoms with E-state index in [0.29, 0.717) is 30.3 Å². The number of aromatic nitrogens is 2. The standard InChI is InChI=1S/C19H19N3O3/c1-22(15-11-13-5-2-3-6-14(13)12-15)18(23)9-8-17-20-19(21-25-17)16-7-4-10-24-16/h2-7,10,15H,8-9,11-12H2,1H3. The highest BCUT2D eigenvalue weighted by atomic mass is 16.5. The number of rotatable bonds is 5. The van der Waals surface area contributed by atoms with Gasteiger partial charge < -0.3 is 13.8 Å². The fourth-order valence-corrected chi connectivity index (χ4v) is 3.27. The molecule has 4 rings (SSSR count). The minimum atomic E-state index is 0.0931. The minimum Gasteiger partial charge on any atom is -0.461 e. The normalized spacial score (nSPS) is 13.8. The summed E-state index contributed by atoms with van der Waals surface area (Å²) in [5, 5.41) is 3.88. The maximum absolute atomic E-state index is 12.5. The summed E-state index contributed by atoms with van der Waals surface area (Å²) >= 11 is 0. The monoisotopic (exact) mass is 337 g/mol. The molecule has 1 aliphatic carbocycles. The van der Waals surface area contributed by atoms with Gasteiger partial charge in [-0.1, -0.05) is 29.4 Å². The number of carbonyl (C=O) groups is 1. The van der Waals surface area contributed by atoms with Gasteiger partial charge in [-0.05, 0) is 36.1 Å². The van der Waals surface area contributed by atoms with Crippen molar-refractivity contribution in [3.8, 4) is 11.6 Å². The SMILES string of the molecule is CN(C(=O)CCc1nc(-c2ccco2)no1)C1Cc2ccccc2C1. The molecule has 1 amide bonds. The second-order valence-electron chi connectivity index (χ2n) is 6.32. The zero-order valence-corrected chi connectivity index (χ0v) is 14.0. The van der Waals surface area contributed by atoms with E-state index in [-0.39, 0.29) is 11.9 Å². The lowest BCUT2D eigenvalue weighted by Crippen LogP contribution is -2.37. The van der Waals surface area contributed by atoms with E-state index < -0.39 is 0 Å². The van der Waals surface area contributed by atoms with Gasteiger partial charge in [-0.3, -0.25) is 4.79 Å². The number of carbonyl (C=O) groups excluding carboxylic acids is 1. The second kappa shape index (κ2) is 6.55. The van der Waals surface area contributed by atoms with Crippen molar-refractivity contribution in [1.29, 1.82) is 0 Å². The van der Waals surface area contributed by atoms with Crippen molar-refractivity contribution in [2.75, 3.05) is 7.05 Å². The lowest BCUT2D eigenvalue weighted by Gasteiger charge is -2.24. The number of amides is 1. The fourth-order valence-electron chi connectivity index (χ4n) is 3.27. The largest absolute Gasteiger partial charge is 0.461 e. The Morgan fingerprint density at radius 2 is 1.96 bits per heavy atom. The lowest BCUT2D eigenvalue weighted by atomic mass is 10.1. The van der Waals surface area contributed by atoms with Crippen LogP contribution in [0.15, 0.2) is 51.6 Å². The van der Waals surface area contributed by atoms with E-state index in [4.69, 9.17) is 8.94 Å². The Bertz CT molecular complexity index is 845. The number of furan rings is 1. The number of fused-ring (bicyclic) bond motifs is 1. The van der Waals surface area contributed by atoms with Gasteiger partial charge in [0, 0.05) is 25.9 Å². The molecule has 0 unspecified atom stereocenters. The van der Waals surface area contributed by atoms with Crippen LogP contribution >= 0.6 is 0 Å². The van der Waals surface area contributed by atoms with Gasteiger partial charge in [-0.2, -0.15) is 4.98 Å². The molecule has 6 nitrogen and oxygen atoms in total. The van der Waals surface area contributed by atoms with Crippen molar-refractivity contribution in [3.05, 3.63) is 59.7 Å². The smallest absolute Gasteiger partial charge is 0.238 e. The summed E-state index contributed by atoms with van der Waals surface area (Å²) < 4.78 is 10.4. The van der Waals surface area contributed by atoms with Gasteiger partial charge in [-0.25, -0.2) is 0 Å². The first-order chi connectivity index (χ1) is 12.2. The van der Waals surface area contributed by atoms with Gasteiger partial charge in [0.2, 0.25) is 17.6 Å². The van der Waals surface area contributed by atoms with Crippen LogP contribution in [0, 0.1) is 0 Å². The molecule has 1 aromatic carbocycles. The summed E-state index contributed by atoms with van der Waals surface area (Å²) in [4.78, 5) is 18.6. The van der Waals surface area contributed by atoms with E-state index >= 15 is 0 Å². The van der Waals surface area contributed by atoms with Crippen LogP contribution in [0.4, 0.5) is 0 Å². The van der Waals surface area contributed by atoms with Crippen LogP contribution in [0.25, 0.3) is 11.6 Å². The first-order valence-electron chi connectivity index (χ1n) is 8.39. The zero-order valence-electron chi connectivity index (χ0n) is 14.0. The van der Waals surface area contributed by atoms with Gasteiger partial charge in [0.15, 0.2) is 5.76 Å². The zero-order chi connectivity index (χ0) is 17.2. The third-order valence-electron chi connectivity index (χ3n) is 4.73. The Balaban J connectivity index is 1.33. The molecule has 0 N–H and O–H groups in total. The van der Waals surface area contributed by atoms with E-state index in [1.165, 1.54) is 11.1 Å². The van der Waals surface area contributed by atoms with E-state index in [0.717, 1.165) is 12.8 Å². The number of likely N-dealkylation sites (N-methyl/N-ethyl adjacent to an activating group) is 1. The van der Waals surface area contributed by atoms with Crippen molar-refractivity contribution in [1.82, 2.24) is 15.0 Å². The summed E-state index contributed by atoms with van der Waals surface area (Å²) in [5.41, 5.74) is 2.68. The predicted octanol–water partition coefficient (Wildman–Crippen LogP) is 2.89. The molecule has 0 saturated carbocycles. The van der Waals surface area contributed by atoms with Gasteiger partial charge in [-0.15, -0.1) is 0 Å². The molecule has 0 spiro atoms. The van der Waals surface area contributed by atoms with Crippen LogP contribution in [-0.2, 0) is 24.1 Å². The summed E-state index contributed by atoms with van der Waals surface area (Å²) in [7, 11) is 1.88. The quantitative estimate of drug-likeness (QED) is 0.716. The van der Waals surface area contributed by atoms with Gasteiger partial charge in [0.1, 0.15) is 0 Å². The van der Waals surface area contributed by atoms with Crippen LogP contribution < -0.4 is 0 Å². The number of nitrogens with zero attached hydrogens (tertiary/aromatic N) is 3. The topological polar surface area (TPSA) is 72.4 Å². The maximum atomic E-state index is 12.5. The number of aryl methyl sites for hydroxylation is 1. The minimum absolute atomic E-state index is 0.0931. The molecule has 25 heavy (non-hydrogen) atoms. The highest BCUT2D eigenvalue weighted by molar-refractivity contribution is 5.76. The predicted molar refractivity (Wildman–Crippen MR) is 90.7 cm³/mol. The summed E-state index contributed by atoms with van der Waals surface area (Å²) in [6, 6.07) is 12.1. The molecule has 0 saturated heterocycles. The van der Waals surface area contributed by atoms with Gasteiger partial charge in [0.05, 0.1) is 6.26 Å². The molecule has 0 atom stereocenters. The number of benzene rings is 1. The third-order valence-corrected chi connectivity index (χ3v) is 4.73. The average Bonchev–Trinajstić information content (AvgIpc) is 3.38. The van der Waals surface area contributed by atoms with Crippen molar-refractivity contribution >= 4 is 5.91 Å². The summed E-state index contributed by atoms with van der Waals surface area (Å²) in [6.45, 7) is 0. The molecule has 0 radical (unpaired) electrons. The summed E-state index contributed by atoms with van der Waals surface area (Å²) in [6.07, 6.45) is 4.17. The second-order valence-corrected chi connectivity index (χ2v) is 6.32. The molecular weight excluding hydrogens is 318 g/mol. The maximum Gasteiger partial charge on any atom is 0.238 e. The molecular formula is C19H19N3O3. The van der Waals surface area contributed by atoms with Crippen LogP contribution in [-0.4, -0.2) is 34.0 Å². The van der Waals surface area contributed by atoms with Crippen LogP contribution in [0.5, 0.6) is 0 Å². The molecule has 2 heterocycles. The Morgan fingerprint density at radius 3 is 2.64 bits per heavy atom. The average molecular weight is 337 g/mol. The third kappa shape index (κ3) is 3.20. The van der Waals surface area contributed by atoms with Crippen LogP contribution in [0.2, 0.25) is 0 Å². The highest BCUT2D eigenvalue weighted by Gasteiger charge is 2.27. The van der Waals surface area contributed by atoms with Crippen molar-refractivity contribution in [2.45, 2.75) is 31.7 Å². The molecule has 0 bridgehead atoms. The highest BCUT2D eigenvalue weighted by Crippen LogP contribution is 2.25. The van der Waals surface area contributed by atoms with Crippen molar-refractivity contribution < 1.29 is 13.7 Å². The summed E-state index contributed by atoms with van der Waals surface area (Å²) in [5.74, 6) is 1.51. The number of hydrogen-bond acceptors (Lipinski definition) is 5. The molecule has 3 aromatic rings.